The molecule has 0 aliphatic carbocycles. The standard InChI is InChI=1S/C9H8Cl2N6/c10-7-2-1-3-8(11)6(7)4-13-15-9-16-14-5-17(9)12/h1-5H,12H2,(H,15,16)/b13-4-. The molecule has 2 rings (SSSR count). The number of nitrogen functional groups attached to an aromatic ring is 1. The van der Waals surface area contributed by atoms with Crippen LogP contribution in [0.4, 0.5) is 5.95 Å². The van der Waals surface area contributed by atoms with Crippen LogP contribution in [-0.2, 0) is 0 Å². The number of nitrogens with zero attached hydrogens (tertiary/aromatic N) is 4. The highest BCUT2D eigenvalue weighted by Gasteiger charge is 2.02. The first-order valence-corrected chi connectivity index (χ1v) is 5.32. The molecule has 8 heteroatoms. The van der Waals surface area contributed by atoms with Gasteiger partial charge >= 0.3 is 0 Å². The maximum absolute atomic E-state index is 5.96. The number of benzene rings is 1. The first-order chi connectivity index (χ1) is 8.18. The molecule has 0 amide bonds. The average molecular weight is 271 g/mol. The van der Waals surface area contributed by atoms with E-state index < -0.39 is 0 Å². The van der Waals surface area contributed by atoms with Crippen LogP contribution in [0.3, 0.4) is 0 Å². The lowest BCUT2D eigenvalue weighted by molar-refractivity contribution is 0.988. The van der Waals surface area contributed by atoms with Crippen molar-refractivity contribution in [3.63, 3.8) is 0 Å². The van der Waals surface area contributed by atoms with Gasteiger partial charge in [0, 0.05) is 5.56 Å². The minimum atomic E-state index is 0.310. The molecule has 1 aromatic carbocycles. The van der Waals surface area contributed by atoms with Crippen molar-refractivity contribution in [1.82, 2.24) is 14.9 Å². The van der Waals surface area contributed by atoms with Gasteiger partial charge in [-0.3, -0.25) is 0 Å². The highest BCUT2D eigenvalue weighted by atomic mass is 35.5. The molecular weight excluding hydrogens is 263 g/mol. The lowest BCUT2D eigenvalue weighted by atomic mass is 10.2. The van der Waals surface area contributed by atoms with Crippen molar-refractivity contribution < 1.29 is 0 Å². The number of halogens is 2. The zero-order valence-corrected chi connectivity index (χ0v) is 10.0. The molecule has 0 saturated heterocycles. The fourth-order valence-electron chi connectivity index (χ4n) is 1.11. The van der Waals surface area contributed by atoms with Crippen molar-refractivity contribution in [3.8, 4) is 0 Å². The third-order valence-corrected chi connectivity index (χ3v) is 2.59. The lowest BCUT2D eigenvalue weighted by Crippen LogP contribution is -2.10. The number of hydrogen-bond donors (Lipinski definition) is 2. The van der Waals surface area contributed by atoms with Crippen LogP contribution in [0.5, 0.6) is 0 Å². The summed E-state index contributed by atoms with van der Waals surface area (Å²) in [6, 6.07) is 5.20. The highest BCUT2D eigenvalue weighted by molar-refractivity contribution is 6.38. The molecule has 1 aromatic heterocycles. The Morgan fingerprint density at radius 2 is 2.06 bits per heavy atom. The molecule has 0 saturated carbocycles. The van der Waals surface area contributed by atoms with Gasteiger partial charge in [-0.05, 0) is 12.1 Å². The summed E-state index contributed by atoms with van der Waals surface area (Å²) >= 11 is 11.9. The van der Waals surface area contributed by atoms with Crippen molar-refractivity contribution in [2.24, 2.45) is 5.10 Å². The van der Waals surface area contributed by atoms with Gasteiger partial charge in [0.1, 0.15) is 6.33 Å². The van der Waals surface area contributed by atoms with Crippen LogP contribution in [-0.4, -0.2) is 21.1 Å². The van der Waals surface area contributed by atoms with Gasteiger partial charge in [-0.1, -0.05) is 29.3 Å². The van der Waals surface area contributed by atoms with E-state index in [1.807, 2.05) is 0 Å². The van der Waals surface area contributed by atoms with E-state index >= 15 is 0 Å². The molecular formula is C9H8Cl2N6. The van der Waals surface area contributed by atoms with E-state index in [1.165, 1.54) is 17.2 Å². The van der Waals surface area contributed by atoms with Gasteiger partial charge in [-0.2, -0.15) is 5.10 Å². The summed E-state index contributed by atoms with van der Waals surface area (Å²) in [7, 11) is 0. The van der Waals surface area contributed by atoms with E-state index in [4.69, 9.17) is 29.0 Å². The predicted molar refractivity (Wildman–Crippen MR) is 67.9 cm³/mol. The second-order valence-corrected chi connectivity index (χ2v) is 3.88. The van der Waals surface area contributed by atoms with Gasteiger partial charge in [0.25, 0.3) is 5.95 Å². The molecule has 2 aromatic rings. The fourth-order valence-corrected chi connectivity index (χ4v) is 1.61. The largest absolute Gasteiger partial charge is 0.335 e. The van der Waals surface area contributed by atoms with E-state index in [9.17, 15) is 0 Å². The normalized spacial score (nSPS) is 10.9. The van der Waals surface area contributed by atoms with Gasteiger partial charge in [-0.15, -0.1) is 10.2 Å². The Hall–Kier alpha value is -1.79. The third kappa shape index (κ3) is 2.66. The molecule has 0 fully saturated rings. The van der Waals surface area contributed by atoms with Crippen molar-refractivity contribution in [3.05, 3.63) is 40.1 Å². The van der Waals surface area contributed by atoms with Gasteiger partial charge in [0.15, 0.2) is 0 Å². The van der Waals surface area contributed by atoms with Crippen molar-refractivity contribution in [1.29, 1.82) is 0 Å². The number of hydrazone groups is 1. The monoisotopic (exact) mass is 270 g/mol. The van der Waals surface area contributed by atoms with E-state index in [2.05, 4.69) is 20.7 Å². The number of nitrogens with one attached hydrogen (secondary N) is 1. The first kappa shape index (κ1) is 11.7. The van der Waals surface area contributed by atoms with Crippen LogP contribution in [0.15, 0.2) is 29.6 Å². The molecule has 0 aliphatic rings. The molecule has 0 bridgehead atoms. The SMILES string of the molecule is Nn1cnnc1N/N=C\c1c(Cl)cccc1Cl. The quantitative estimate of drug-likeness (QED) is 0.506. The molecule has 0 radical (unpaired) electrons. The molecule has 0 atom stereocenters. The predicted octanol–water partition coefficient (Wildman–Crippen LogP) is 1.74. The molecule has 6 nitrogen and oxygen atoms in total. The highest BCUT2D eigenvalue weighted by Crippen LogP contribution is 2.22. The van der Waals surface area contributed by atoms with E-state index in [1.54, 1.807) is 18.2 Å². The number of rotatable bonds is 3. The van der Waals surface area contributed by atoms with Crippen LogP contribution in [0.2, 0.25) is 10.0 Å². The van der Waals surface area contributed by atoms with E-state index in [-0.39, 0.29) is 0 Å². The molecule has 0 unspecified atom stereocenters. The summed E-state index contributed by atoms with van der Waals surface area (Å²) in [6.45, 7) is 0. The van der Waals surface area contributed by atoms with Crippen LogP contribution >= 0.6 is 23.2 Å². The third-order valence-electron chi connectivity index (χ3n) is 1.93. The smallest absolute Gasteiger partial charge is 0.263 e. The summed E-state index contributed by atoms with van der Waals surface area (Å²) in [4.78, 5) is 0. The minimum absolute atomic E-state index is 0.310. The molecule has 17 heavy (non-hydrogen) atoms. The van der Waals surface area contributed by atoms with Gasteiger partial charge in [0.2, 0.25) is 0 Å². The number of anilines is 1. The molecule has 3 N–H and O–H groups in total. The Labute approximate surface area is 107 Å². The Morgan fingerprint density at radius 1 is 1.35 bits per heavy atom. The van der Waals surface area contributed by atoms with Crippen LogP contribution < -0.4 is 11.3 Å². The maximum atomic E-state index is 5.96. The Morgan fingerprint density at radius 3 is 2.65 bits per heavy atom. The van der Waals surface area contributed by atoms with Gasteiger partial charge in [-0.25, -0.2) is 10.1 Å². The van der Waals surface area contributed by atoms with Crippen molar-refractivity contribution >= 4 is 35.4 Å². The zero-order chi connectivity index (χ0) is 12.3. The summed E-state index contributed by atoms with van der Waals surface area (Å²) in [5.41, 5.74) is 3.23. The van der Waals surface area contributed by atoms with Crippen LogP contribution in [0.1, 0.15) is 5.56 Å². The first-order valence-electron chi connectivity index (χ1n) is 4.56. The Bertz CT molecular complexity index is 530. The van der Waals surface area contributed by atoms with Gasteiger partial charge < -0.3 is 5.84 Å². The van der Waals surface area contributed by atoms with E-state index in [0.29, 0.717) is 21.6 Å². The summed E-state index contributed by atoms with van der Waals surface area (Å²) in [5.74, 6) is 5.79. The number of aromatic nitrogens is 3. The molecule has 88 valence electrons. The number of hydrogen-bond acceptors (Lipinski definition) is 5. The van der Waals surface area contributed by atoms with Crippen LogP contribution in [0.25, 0.3) is 0 Å². The second-order valence-electron chi connectivity index (χ2n) is 3.07. The summed E-state index contributed by atoms with van der Waals surface area (Å²) in [6.07, 6.45) is 2.83. The van der Waals surface area contributed by atoms with E-state index in [0.717, 1.165) is 0 Å². The lowest BCUT2D eigenvalue weighted by Gasteiger charge is -2.01. The maximum Gasteiger partial charge on any atom is 0.263 e. The topological polar surface area (TPSA) is 81.1 Å². The average Bonchev–Trinajstić information content (AvgIpc) is 2.69. The fraction of sp³-hybridized carbons (Fsp3) is 0. The van der Waals surface area contributed by atoms with Crippen LogP contribution in [0, 0.1) is 0 Å². The molecule has 0 aliphatic heterocycles. The molecule has 0 spiro atoms. The molecule has 1 heterocycles. The zero-order valence-electron chi connectivity index (χ0n) is 8.51. The minimum Gasteiger partial charge on any atom is -0.335 e. The number of nitrogens with two attached hydrogens (primary N) is 1. The van der Waals surface area contributed by atoms with Crippen molar-refractivity contribution in [2.75, 3.05) is 11.3 Å². The van der Waals surface area contributed by atoms with Gasteiger partial charge in [0.05, 0.1) is 16.3 Å². The Balaban J connectivity index is 2.14. The van der Waals surface area contributed by atoms with Crippen molar-refractivity contribution in [2.45, 2.75) is 0 Å². The Kier molecular flexibility index (Phi) is 3.46. The summed E-state index contributed by atoms with van der Waals surface area (Å²) in [5, 5.41) is 12.2. The summed E-state index contributed by atoms with van der Waals surface area (Å²) < 4.78 is 1.20. The second kappa shape index (κ2) is 5.03.